The lowest BCUT2D eigenvalue weighted by Crippen LogP contribution is -3.00. The van der Waals surface area contributed by atoms with Crippen molar-refractivity contribution < 1.29 is 40.2 Å². The van der Waals surface area contributed by atoms with Crippen LogP contribution in [0.3, 0.4) is 0 Å². The van der Waals surface area contributed by atoms with Gasteiger partial charge in [-0.3, -0.25) is 0 Å². The van der Waals surface area contributed by atoms with Crippen LogP contribution in [-0.4, -0.2) is 18.4 Å². The Labute approximate surface area is 66.8 Å². The van der Waals surface area contributed by atoms with Crippen molar-refractivity contribution in [3.8, 4) is 0 Å². The molecule has 13 heavy (non-hydrogen) atoms. The zero-order valence-corrected chi connectivity index (χ0v) is 5.93. The monoisotopic (exact) mass is 219 g/mol. The fourth-order valence-corrected chi connectivity index (χ4v) is 0.275. The molecule has 0 aromatic carbocycles. The second-order valence-corrected chi connectivity index (χ2v) is 1.96. The van der Waals surface area contributed by atoms with E-state index in [0.717, 1.165) is 0 Å². The smallest absolute Gasteiger partial charge is 0.525 e. The minimum Gasteiger partial charge on any atom is -1.00 e. The summed E-state index contributed by atoms with van der Waals surface area (Å²) in [5.41, 5.74) is 0. The van der Waals surface area contributed by atoms with Crippen LogP contribution >= 0.6 is 0 Å². The third-order valence-electron chi connectivity index (χ3n) is 0.814. The van der Waals surface area contributed by atoms with E-state index in [4.69, 9.17) is 0 Å². The van der Waals surface area contributed by atoms with E-state index in [0.29, 0.717) is 0 Å². The third kappa shape index (κ3) is 4.86. The predicted molar refractivity (Wildman–Crippen MR) is 22.7 cm³/mol. The summed E-state index contributed by atoms with van der Waals surface area (Å²) >= 11 is 0. The van der Waals surface area contributed by atoms with Gasteiger partial charge in [0, 0.05) is 6.92 Å². The Hall–Kier alpha value is -0.600. The van der Waals surface area contributed by atoms with Crippen LogP contribution in [0.15, 0.2) is 0 Å². The van der Waals surface area contributed by atoms with E-state index in [2.05, 4.69) is 4.74 Å². The Bertz CT molecular complexity index is 155. The van der Waals surface area contributed by atoms with Crippen LogP contribution < -0.4 is 4.70 Å². The van der Waals surface area contributed by atoms with Gasteiger partial charge in [0.25, 0.3) is 0 Å². The maximum Gasteiger partial charge on any atom is 0.525 e. The number of hydrogen-bond acceptors (Lipinski definition) is 1. The molecular formula is C4H3F8O-. The van der Waals surface area contributed by atoms with Gasteiger partial charge in [-0.1, -0.05) is 0 Å². The molecule has 0 aliphatic carbocycles. The molecule has 0 bridgehead atoms. The zero-order valence-electron chi connectivity index (χ0n) is 5.93. The fourth-order valence-electron chi connectivity index (χ4n) is 0.275. The summed E-state index contributed by atoms with van der Waals surface area (Å²) in [4.78, 5) is 0. The topological polar surface area (TPSA) is 9.23 Å². The van der Waals surface area contributed by atoms with Crippen molar-refractivity contribution in [1.82, 2.24) is 0 Å². The van der Waals surface area contributed by atoms with Crippen molar-refractivity contribution in [3.05, 3.63) is 0 Å². The number of alkyl halides is 7. The van der Waals surface area contributed by atoms with E-state index in [1.54, 1.807) is 0 Å². The van der Waals surface area contributed by atoms with Crippen molar-refractivity contribution >= 4 is 0 Å². The Morgan fingerprint density at radius 1 is 0.846 bits per heavy atom. The lowest BCUT2D eigenvalue weighted by molar-refractivity contribution is -0.442. The molecule has 0 saturated carbocycles. The molecule has 0 radical (unpaired) electrons. The van der Waals surface area contributed by atoms with E-state index in [9.17, 15) is 30.7 Å². The minimum atomic E-state index is -5.71. The second-order valence-electron chi connectivity index (χ2n) is 1.96. The van der Waals surface area contributed by atoms with Gasteiger partial charge in [0.1, 0.15) is 0 Å². The standard InChI is InChI=1S/C4H3F7O.FH/c1-2(5,3(6,7)8)12-4(9,10)11;/h1H3;1H/p-1. The van der Waals surface area contributed by atoms with E-state index >= 15 is 0 Å². The molecule has 1 atom stereocenters. The molecule has 0 aliphatic heterocycles. The van der Waals surface area contributed by atoms with Gasteiger partial charge in [-0.05, 0) is 0 Å². The number of rotatable bonds is 1. The summed E-state index contributed by atoms with van der Waals surface area (Å²) in [5, 5.41) is 0. The number of ether oxygens (including phenoxy) is 1. The van der Waals surface area contributed by atoms with Crippen LogP contribution in [0, 0.1) is 0 Å². The molecule has 9 heteroatoms. The number of hydrogen-bond donors (Lipinski definition) is 0. The van der Waals surface area contributed by atoms with Crippen LogP contribution in [0.4, 0.5) is 30.7 Å². The Balaban J connectivity index is 0. The highest BCUT2D eigenvalue weighted by atomic mass is 19.4. The highest BCUT2D eigenvalue weighted by Crippen LogP contribution is 2.38. The first-order valence-electron chi connectivity index (χ1n) is 2.48. The van der Waals surface area contributed by atoms with Gasteiger partial charge < -0.3 is 4.70 Å². The maximum atomic E-state index is 12.0. The molecule has 0 saturated heterocycles. The van der Waals surface area contributed by atoms with Crippen molar-refractivity contribution in [1.29, 1.82) is 0 Å². The summed E-state index contributed by atoms with van der Waals surface area (Å²) in [7, 11) is 0. The van der Waals surface area contributed by atoms with Gasteiger partial charge in [0.05, 0.1) is 0 Å². The first-order valence-corrected chi connectivity index (χ1v) is 2.48. The molecule has 0 N–H and O–H groups in total. The van der Waals surface area contributed by atoms with Crippen LogP contribution in [-0.2, 0) is 4.74 Å². The Morgan fingerprint density at radius 3 is 1.23 bits per heavy atom. The molecule has 0 aliphatic rings. The summed E-state index contributed by atoms with van der Waals surface area (Å²) in [6, 6.07) is 0. The summed E-state index contributed by atoms with van der Waals surface area (Å²) < 4.78 is 81.7. The zero-order chi connectivity index (χ0) is 10.2. The van der Waals surface area contributed by atoms with Crippen molar-refractivity contribution in [2.45, 2.75) is 25.3 Å². The summed E-state index contributed by atoms with van der Waals surface area (Å²) in [5.74, 6) is -4.70. The van der Waals surface area contributed by atoms with Crippen LogP contribution in [0.5, 0.6) is 0 Å². The lowest BCUT2D eigenvalue weighted by Gasteiger charge is -2.24. The molecule has 1 unspecified atom stereocenters. The van der Waals surface area contributed by atoms with Crippen LogP contribution in [0.25, 0.3) is 0 Å². The van der Waals surface area contributed by atoms with Crippen molar-refractivity contribution in [2.24, 2.45) is 0 Å². The first kappa shape index (κ1) is 14.9. The van der Waals surface area contributed by atoms with Crippen molar-refractivity contribution in [2.75, 3.05) is 0 Å². The highest BCUT2D eigenvalue weighted by molar-refractivity contribution is 4.71. The van der Waals surface area contributed by atoms with Crippen LogP contribution in [0.2, 0.25) is 0 Å². The Morgan fingerprint density at radius 2 is 1.15 bits per heavy atom. The van der Waals surface area contributed by atoms with E-state index in [-0.39, 0.29) is 11.6 Å². The van der Waals surface area contributed by atoms with Crippen LogP contribution in [0.1, 0.15) is 6.92 Å². The highest BCUT2D eigenvalue weighted by Gasteiger charge is 2.59. The molecule has 1 nitrogen and oxygen atoms in total. The molecule has 0 aromatic heterocycles. The van der Waals surface area contributed by atoms with Gasteiger partial charge in [0.15, 0.2) is 0 Å². The van der Waals surface area contributed by atoms with Gasteiger partial charge in [-0.15, -0.1) is 13.2 Å². The molecule has 0 amide bonds. The maximum absolute atomic E-state index is 12.0. The summed E-state index contributed by atoms with van der Waals surface area (Å²) in [6.45, 7) is -0.361. The normalized spacial score (nSPS) is 17.5. The van der Waals surface area contributed by atoms with Gasteiger partial charge in [0.2, 0.25) is 0 Å². The predicted octanol–water partition coefficient (Wildman–Crippen LogP) is -0.225. The van der Waals surface area contributed by atoms with Gasteiger partial charge in [-0.25, -0.2) is 9.13 Å². The van der Waals surface area contributed by atoms with E-state index in [1.807, 2.05) is 0 Å². The fraction of sp³-hybridized carbons (Fsp3) is 1.00. The van der Waals surface area contributed by atoms with Gasteiger partial charge in [-0.2, -0.15) is 13.2 Å². The number of halogens is 8. The largest absolute Gasteiger partial charge is 1.00 e. The third-order valence-corrected chi connectivity index (χ3v) is 0.814. The molecule has 0 spiro atoms. The minimum absolute atomic E-state index is 0. The van der Waals surface area contributed by atoms with E-state index < -0.39 is 18.4 Å². The van der Waals surface area contributed by atoms with Gasteiger partial charge >= 0.3 is 18.4 Å². The molecular weight excluding hydrogens is 216 g/mol. The average molecular weight is 219 g/mol. The molecule has 0 heterocycles. The average Bonchev–Trinajstić information content (AvgIpc) is 1.52. The lowest BCUT2D eigenvalue weighted by atomic mass is 10.3. The summed E-state index contributed by atoms with van der Waals surface area (Å²) in [6.07, 6.45) is -11.4. The molecule has 0 aromatic rings. The Kier molecular flexibility index (Phi) is 4.17. The molecule has 0 rings (SSSR count). The van der Waals surface area contributed by atoms with Crippen molar-refractivity contribution in [3.63, 3.8) is 0 Å². The molecule has 82 valence electrons. The second kappa shape index (κ2) is 3.64. The molecule has 0 fully saturated rings. The SMILES string of the molecule is CC(F)(OC(F)(F)F)C(F)(F)F.[F-]. The van der Waals surface area contributed by atoms with E-state index in [1.165, 1.54) is 0 Å². The first-order chi connectivity index (χ1) is 4.96. The quantitative estimate of drug-likeness (QED) is 0.554.